The summed E-state index contributed by atoms with van der Waals surface area (Å²) in [5.41, 5.74) is 2.15. The molecule has 0 spiro atoms. The van der Waals surface area contributed by atoms with Crippen LogP contribution in [-0.4, -0.2) is 55.5 Å². The number of piperidine rings is 1. The van der Waals surface area contributed by atoms with Gasteiger partial charge in [0.15, 0.2) is 5.96 Å². The molecule has 1 atom stereocenters. The Morgan fingerprint density at radius 3 is 2.59 bits per heavy atom. The van der Waals surface area contributed by atoms with Gasteiger partial charge >= 0.3 is 0 Å². The Morgan fingerprint density at radius 2 is 1.93 bits per heavy atom. The molecular weight excluding hydrogens is 477 g/mol. The van der Waals surface area contributed by atoms with Crippen molar-refractivity contribution in [2.45, 2.75) is 58.5 Å². The Balaban J connectivity index is 0.00000300. The van der Waals surface area contributed by atoms with Crippen LogP contribution in [0.1, 0.15) is 51.5 Å². The number of anilines is 1. The zero-order chi connectivity index (χ0) is 19.8. The average Bonchev–Trinajstić information content (AvgIpc) is 3.14. The van der Waals surface area contributed by atoms with E-state index >= 15 is 0 Å². The fourth-order valence-corrected chi connectivity index (χ4v) is 4.02. The van der Waals surface area contributed by atoms with Gasteiger partial charge in [0.2, 0.25) is 5.91 Å². The van der Waals surface area contributed by atoms with E-state index in [0.29, 0.717) is 19.0 Å². The Bertz CT molecular complexity index is 664. The predicted octanol–water partition coefficient (Wildman–Crippen LogP) is 3.36. The summed E-state index contributed by atoms with van der Waals surface area (Å²) in [6.45, 7) is 9.91. The van der Waals surface area contributed by atoms with Crippen LogP contribution in [-0.2, 0) is 11.3 Å². The lowest BCUT2D eigenvalue weighted by molar-refractivity contribution is -0.117. The first-order valence-electron chi connectivity index (χ1n) is 10.8. The van der Waals surface area contributed by atoms with Crippen molar-refractivity contribution in [1.82, 2.24) is 15.5 Å². The normalized spacial score (nSPS) is 20.5. The number of guanidine groups is 1. The van der Waals surface area contributed by atoms with Crippen LogP contribution >= 0.6 is 24.0 Å². The van der Waals surface area contributed by atoms with E-state index in [1.807, 2.05) is 17.0 Å². The molecule has 1 amide bonds. The predicted molar refractivity (Wildman–Crippen MR) is 131 cm³/mol. The summed E-state index contributed by atoms with van der Waals surface area (Å²) in [4.78, 5) is 21.0. The summed E-state index contributed by atoms with van der Waals surface area (Å²) in [5.74, 6) is 1.10. The Hall–Kier alpha value is -1.35. The molecule has 0 aromatic heterocycles. The molecular formula is C22H36IN5O. The van der Waals surface area contributed by atoms with Crippen molar-refractivity contribution in [1.29, 1.82) is 0 Å². The number of carbonyl (C=O) groups excluding carboxylic acids is 1. The summed E-state index contributed by atoms with van der Waals surface area (Å²) in [6.07, 6.45) is 5.61. The molecule has 2 aliphatic heterocycles. The molecule has 7 heteroatoms. The highest BCUT2D eigenvalue weighted by atomic mass is 127. The van der Waals surface area contributed by atoms with Gasteiger partial charge in [0.25, 0.3) is 0 Å². The van der Waals surface area contributed by atoms with E-state index in [9.17, 15) is 4.79 Å². The van der Waals surface area contributed by atoms with Gasteiger partial charge in [-0.1, -0.05) is 18.6 Å². The molecule has 2 saturated heterocycles. The number of halogens is 1. The lowest BCUT2D eigenvalue weighted by Gasteiger charge is -2.33. The Morgan fingerprint density at radius 1 is 1.14 bits per heavy atom. The van der Waals surface area contributed by atoms with Gasteiger partial charge in [-0.2, -0.15) is 0 Å². The third kappa shape index (κ3) is 7.13. The van der Waals surface area contributed by atoms with Crippen molar-refractivity contribution in [2.24, 2.45) is 4.99 Å². The lowest BCUT2D eigenvalue weighted by atomic mass is 10.0. The fourth-order valence-electron chi connectivity index (χ4n) is 4.02. The minimum atomic E-state index is 0. The highest BCUT2D eigenvalue weighted by Crippen LogP contribution is 2.21. The molecule has 162 valence electrons. The molecule has 1 aromatic carbocycles. The molecule has 6 nitrogen and oxygen atoms in total. The highest BCUT2D eigenvalue weighted by molar-refractivity contribution is 14.0. The van der Waals surface area contributed by atoms with Gasteiger partial charge in [0.1, 0.15) is 0 Å². The summed E-state index contributed by atoms with van der Waals surface area (Å²) in [6, 6.07) is 8.90. The molecule has 0 radical (unpaired) electrons. The second kappa shape index (κ2) is 12.4. The summed E-state index contributed by atoms with van der Waals surface area (Å²) in [5, 5.41) is 6.80. The third-order valence-electron chi connectivity index (χ3n) is 5.72. The van der Waals surface area contributed by atoms with Crippen LogP contribution in [0, 0.1) is 0 Å². The molecule has 1 unspecified atom stereocenters. The molecule has 0 saturated carbocycles. The molecule has 2 N–H and O–H groups in total. The topological polar surface area (TPSA) is 60.0 Å². The maximum absolute atomic E-state index is 11.9. The van der Waals surface area contributed by atoms with Crippen LogP contribution in [0.4, 0.5) is 5.69 Å². The standard InChI is InChI=1S/C22H35N5O.HI/c1-3-23-22(24-13-16-26-14-5-4-7-18(26)2)25-17-19-9-11-20(12-10-19)27-15-6-8-21(27)28;/h9-12,18H,3-8,13-17H2,1-2H3,(H2,23,24,25);1H. The van der Waals surface area contributed by atoms with E-state index < -0.39 is 0 Å². The van der Waals surface area contributed by atoms with Crippen molar-refractivity contribution in [3.05, 3.63) is 29.8 Å². The number of hydrogen-bond acceptors (Lipinski definition) is 3. The molecule has 0 bridgehead atoms. The number of nitrogens with zero attached hydrogens (tertiary/aromatic N) is 3. The van der Waals surface area contributed by atoms with Crippen LogP contribution in [0.15, 0.2) is 29.3 Å². The fraction of sp³-hybridized carbons (Fsp3) is 0.636. The van der Waals surface area contributed by atoms with Crippen LogP contribution < -0.4 is 15.5 Å². The number of benzene rings is 1. The maximum Gasteiger partial charge on any atom is 0.227 e. The monoisotopic (exact) mass is 513 g/mol. The number of hydrogen-bond donors (Lipinski definition) is 2. The van der Waals surface area contributed by atoms with Gasteiger partial charge in [-0.3, -0.25) is 9.69 Å². The third-order valence-corrected chi connectivity index (χ3v) is 5.72. The number of amides is 1. The van der Waals surface area contributed by atoms with Crippen molar-refractivity contribution < 1.29 is 4.79 Å². The van der Waals surface area contributed by atoms with Crippen LogP contribution in [0.2, 0.25) is 0 Å². The van der Waals surface area contributed by atoms with Gasteiger partial charge in [-0.15, -0.1) is 24.0 Å². The van der Waals surface area contributed by atoms with E-state index in [-0.39, 0.29) is 29.9 Å². The molecule has 3 rings (SSSR count). The van der Waals surface area contributed by atoms with Gasteiger partial charge < -0.3 is 15.5 Å². The van der Waals surface area contributed by atoms with Crippen molar-refractivity contribution >= 4 is 41.5 Å². The van der Waals surface area contributed by atoms with Gasteiger partial charge in [0.05, 0.1) is 6.54 Å². The molecule has 2 aliphatic rings. The number of rotatable bonds is 7. The number of likely N-dealkylation sites (tertiary alicyclic amines) is 1. The number of nitrogens with one attached hydrogen (secondary N) is 2. The van der Waals surface area contributed by atoms with E-state index in [1.165, 1.54) is 25.8 Å². The van der Waals surface area contributed by atoms with E-state index in [0.717, 1.165) is 49.8 Å². The van der Waals surface area contributed by atoms with Crippen LogP contribution in [0.5, 0.6) is 0 Å². The van der Waals surface area contributed by atoms with Crippen LogP contribution in [0.25, 0.3) is 0 Å². The number of carbonyl (C=O) groups is 1. The van der Waals surface area contributed by atoms with E-state index in [1.54, 1.807) is 0 Å². The molecule has 0 aliphatic carbocycles. The quantitative estimate of drug-likeness (QED) is 0.334. The average molecular weight is 513 g/mol. The van der Waals surface area contributed by atoms with Crippen LogP contribution in [0.3, 0.4) is 0 Å². The molecule has 29 heavy (non-hydrogen) atoms. The first kappa shape index (κ1) is 23.9. The molecule has 1 aromatic rings. The van der Waals surface area contributed by atoms with Gasteiger partial charge in [-0.05, 0) is 57.4 Å². The highest BCUT2D eigenvalue weighted by Gasteiger charge is 2.21. The smallest absolute Gasteiger partial charge is 0.227 e. The van der Waals surface area contributed by atoms with Gasteiger partial charge in [0, 0.05) is 44.3 Å². The lowest BCUT2D eigenvalue weighted by Crippen LogP contribution is -2.45. The summed E-state index contributed by atoms with van der Waals surface area (Å²) < 4.78 is 0. The number of aliphatic imine (C=N–C) groups is 1. The van der Waals surface area contributed by atoms with E-state index in [4.69, 9.17) is 4.99 Å². The second-order valence-electron chi connectivity index (χ2n) is 7.82. The minimum absolute atomic E-state index is 0. The molecule has 2 heterocycles. The minimum Gasteiger partial charge on any atom is -0.357 e. The zero-order valence-electron chi connectivity index (χ0n) is 17.8. The largest absolute Gasteiger partial charge is 0.357 e. The van der Waals surface area contributed by atoms with E-state index in [2.05, 4.69) is 41.5 Å². The van der Waals surface area contributed by atoms with Crippen molar-refractivity contribution in [2.75, 3.05) is 37.6 Å². The van der Waals surface area contributed by atoms with Gasteiger partial charge in [-0.25, -0.2) is 4.99 Å². The second-order valence-corrected chi connectivity index (χ2v) is 7.82. The maximum atomic E-state index is 11.9. The van der Waals surface area contributed by atoms with Crippen molar-refractivity contribution in [3.63, 3.8) is 0 Å². The van der Waals surface area contributed by atoms with Crippen molar-refractivity contribution in [3.8, 4) is 0 Å². The zero-order valence-corrected chi connectivity index (χ0v) is 20.2. The first-order chi connectivity index (χ1) is 13.7. The Kier molecular flexibility index (Phi) is 10.2. The summed E-state index contributed by atoms with van der Waals surface area (Å²) >= 11 is 0. The summed E-state index contributed by atoms with van der Waals surface area (Å²) in [7, 11) is 0. The Labute approximate surface area is 192 Å². The molecule has 2 fully saturated rings. The first-order valence-corrected chi connectivity index (χ1v) is 10.8. The SMILES string of the molecule is CCNC(=NCc1ccc(N2CCCC2=O)cc1)NCCN1CCCCC1C.I.